The first kappa shape index (κ1) is 13.0. The van der Waals surface area contributed by atoms with E-state index in [0.717, 1.165) is 25.9 Å². The Morgan fingerprint density at radius 1 is 1.05 bits per heavy atom. The van der Waals surface area contributed by atoms with Crippen molar-refractivity contribution in [1.29, 1.82) is 0 Å². The first-order valence-corrected chi connectivity index (χ1v) is 7.17. The van der Waals surface area contributed by atoms with Crippen LogP contribution in [-0.2, 0) is 13.1 Å². The van der Waals surface area contributed by atoms with Gasteiger partial charge in [-0.25, -0.2) is 4.39 Å². The Bertz CT molecular complexity index is 722. The predicted molar refractivity (Wildman–Crippen MR) is 77.6 cm³/mol. The van der Waals surface area contributed by atoms with E-state index >= 15 is 0 Å². The average Bonchev–Trinajstić information content (AvgIpc) is 2.64. The van der Waals surface area contributed by atoms with Crippen molar-refractivity contribution in [3.63, 3.8) is 0 Å². The van der Waals surface area contributed by atoms with E-state index in [9.17, 15) is 4.39 Å². The molecule has 2 heterocycles. The van der Waals surface area contributed by atoms with Crippen LogP contribution in [0, 0.1) is 15.4 Å². The zero-order valence-corrected chi connectivity index (χ0v) is 12.4. The van der Waals surface area contributed by atoms with Gasteiger partial charge in [0.25, 0.3) is 0 Å². The van der Waals surface area contributed by atoms with Crippen LogP contribution in [0.4, 0.5) is 4.39 Å². The maximum absolute atomic E-state index is 14.0. The minimum atomic E-state index is -0.418. The van der Waals surface area contributed by atoms with Gasteiger partial charge < -0.3 is 0 Å². The summed E-state index contributed by atoms with van der Waals surface area (Å²) in [5.74, 6) is -0.418. The summed E-state index contributed by atoms with van der Waals surface area (Å²) in [6.07, 6.45) is 2.13. The molecule has 3 rings (SSSR count). The Labute approximate surface area is 124 Å². The average molecular weight is 316 g/mol. The molecule has 3 nitrogen and oxygen atoms in total. The Kier molecular flexibility index (Phi) is 3.32. The van der Waals surface area contributed by atoms with Crippen LogP contribution in [0.25, 0.3) is 5.69 Å². The summed E-state index contributed by atoms with van der Waals surface area (Å²) in [5.41, 5.74) is 0.355. The molecule has 0 spiro atoms. The van der Waals surface area contributed by atoms with Crippen molar-refractivity contribution in [2.45, 2.75) is 25.9 Å². The first-order chi connectivity index (χ1) is 9.09. The van der Waals surface area contributed by atoms with Gasteiger partial charge in [0.15, 0.2) is 0 Å². The molecule has 0 bridgehead atoms. The van der Waals surface area contributed by atoms with Gasteiger partial charge in [-0.05, 0) is 55.5 Å². The van der Waals surface area contributed by atoms with Gasteiger partial charge in [0.2, 0.25) is 9.54 Å². The maximum Gasteiger partial charge on any atom is 0.201 e. The van der Waals surface area contributed by atoms with Crippen molar-refractivity contribution < 1.29 is 4.39 Å². The molecule has 0 amide bonds. The Morgan fingerprint density at radius 2 is 1.63 bits per heavy atom. The van der Waals surface area contributed by atoms with E-state index in [-0.39, 0.29) is 0 Å². The Morgan fingerprint density at radius 3 is 2.16 bits per heavy atom. The van der Waals surface area contributed by atoms with E-state index in [1.165, 1.54) is 6.07 Å². The monoisotopic (exact) mass is 315 g/mol. The third-order valence-electron chi connectivity index (χ3n) is 3.26. The first-order valence-electron chi connectivity index (χ1n) is 5.97. The third-order valence-corrected chi connectivity index (χ3v) is 4.28. The summed E-state index contributed by atoms with van der Waals surface area (Å²) in [5, 5.41) is 0.357. The molecule has 1 aromatic heterocycles. The van der Waals surface area contributed by atoms with Gasteiger partial charge in [-0.15, -0.1) is 0 Å². The van der Waals surface area contributed by atoms with Gasteiger partial charge >= 0.3 is 0 Å². The molecule has 7 heteroatoms. The second-order valence-electron chi connectivity index (χ2n) is 4.45. The molecular formula is C12H11ClFN3S2. The second-order valence-corrected chi connectivity index (χ2v) is 5.62. The van der Waals surface area contributed by atoms with E-state index < -0.39 is 5.82 Å². The molecule has 1 aliphatic heterocycles. The fourth-order valence-corrected chi connectivity index (χ4v) is 3.31. The van der Waals surface area contributed by atoms with Crippen molar-refractivity contribution in [3.8, 4) is 5.69 Å². The lowest BCUT2D eigenvalue weighted by Crippen LogP contribution is -2.18. The Hall–Kier alpha value is -0.980. The topological polar surface area (TPSA) is 14.8 Å². The number of fused-ring (bicyclic) bond motifs is 1. The zero-order chi connectivity index (χ0) is 13.6. The number of aromatic nitrogens is 3. The maximum atomic E-state index is 14.0. The lowest BCUT2D eigenvalue weighted by molar-refractivity contribution is 0.357. The van der Waals surface area contributed by atoms with Crippen molar-refractivity contribution in [1.82, 2.24) is 13.9 Å². The number of rotatable bonds is 1. The Balaban J connectivity index is 2.29. The molecule has 100 valence electrons. The van der Waals surface area contributed by atoms with Gasteiger partial charge in [-0.1, -0.05) is 11.6 Å². The number of hydrogen-bond acceptors (Lipinski definition) is 2. The minimum Gasteiger partial charge on any atom is -0.258 e. The van der Waals surface area contributed by atoms with E-state index in [4.69, 9.17) is 36.0 Å². The van der Waals surface area contributed by atoms with Crippen molar-refractivity contribution in [2.24, 2.45) is 0 Å². The molecule has 0 atom stereocenters. The summed E-state index contributed by atoms with van der Waals surface area (Å²) in [6, 6.07) is 4.52. The second kappa shape index (κ2) is 4.85. The predicted octanol–water partition coefficient (Wildman–Crippen LogP) is 4.13. The molecular weight excluding hydrogens is 305 g/mol. The van der Waals surface area contributed by atoms with Gasteiger partial charge in [-0.3, -0.25) is 13.9 Å². The molecule has 0 N–H and O–H groups in total. The van der Waals surface area contributed by atoms with Crippen LogP contribution in [0.1, 0.15) is 12.8 Å². The highest BCUT2D eigenvalue weighted by Gasteiger charge is 2.17. The molecule has 19 heavy (non-hydrogen) atoms. The normalized spacial score (nSPS) is 14.4. The molecule has 0 saturated carbocycles. The molecule has 0 radical (unpaired) electrons. The van der Waals surface area contributed by atoms with Crippen LogP contribution in [0.15, 0.2) is 18.2 Å². The van der Waals surface area contributed by atoms with Crippen LogP contribution in [0.3, 0.4) is 0 Å². The van der Waals surface area contributed by atoms with Gasteiger partial charge in [0.05, 0.1) is 5.69 Å². The summed E-state index contributed by atoms with van der Waals surface area (Å²) < 4.78 is 20.6. The van der Waals surface area contributed by atoms with Crippen LogP contribution < -0.4 is 0 Å². The van der Waals surface area contributed by atoms with E-state index in [1.807, 2.05) is 9.36 Å². The minimum absolute atomic E-state index is 0.355. The molecule has 0 fully saturated rings. The fraction of sp³-hybridized carbons (Fsp3) is 0.333. The number of hydrogen-bond donors (Lipinski definition) is 0. The summed E-state index contributed by atoms with van der Waals surface area (Å²) in [7, 11) is 0. The highest BCUT2D eigenvalue weighted by atomic mass is 35.5. The van der Waals surface area contributed by atoms with Gasteiger partial charge in [-0.2, -0.15) is 0 Å². The van der Waals surface area contributed by atoms with Crippen molar-refractivity contribution in [2.75, 3.05) is 0 Å². The van der Waals surface area contributed by atoms with Crippen LogP contribution in [-0.4, -0.2) is 13.9 Å². The SMILES string of the molecule is Fc1cc(Cl)ccc1-n1c(=S)n2n(c1=S)CCCC2. The molecule has 2 aromatic rings. The van der Waals surface area contributed by atoms with Crippen molar-refractivity contribution >= 4 is 36.0 Å². The standard InChI is InChI=1S/C12H11ClFN3S2/c13-8-3-4-10(9(14)7-8)17-11(18)15-5-1-2-6-16(15)12(17)19/h3-4,7H,1-2,5-6H2. The third kappa shape index (κ3) is 2.07. The van der Waals surface area contributed by atoms with Crippen molar-refractivity contribution in [3.05, 3.63) is 38.6 Å². The summed E-state index contributed by atoms with van der Waals surface area (Å²) in [4.78, 5) is 0. The van der Waals surface area contributed by atoms with E-state index in [0.29, 0.717) is 20.3 Å². The fourth-order valence-electron chi connectivity index (χ4n) is 2.34. The highest BCUT2D eigenvalue weighted by Crippen LogP contribution is 2.21. The van der Waals surface area contributed by atoms with Crippen LogP contribution in [0.2, 0.25) is 5.02 Å². The van der Waals surface area contributed by atoms with Crippen LogP contribution in [0.5, 0.6) is 0 Å². The summed E-state index contributed by atoms with van der Waals surface area (Å²) >= 11 is 16.6. The number of nitrogens with zero attached hydrogens (tertiary/aromatic N) is 3. The van der Waals surface area contributed by atoms with Gasteiger partial charge in [0, 0.05) is 18.1 Å². The number of halogens is 2. The smallest absolute Gasteiger partial charge is 0.201 e. The quantitative estimate of drug-likeness (QED) is 0.735. The largest absolute Gasteiger partial charge is 0.258 e. The van der Waals surface area contributed by atoms with Gasteiger partial charge in [0.1, 0.15) is 5.82 Å². The molecule has 0 aliphatic carbocycles. The molecule has 1 aliphatic rings. The molecule has 0 unspecified atom stereocenters. The highest BCUT2D eigenvalue weighted by molar-refractivity contribution is 7.72. The molecule has 0 saturated heterocycles. The van der Waals surface area contributed by atoms with E-state index in [1.54, 1.807) is 16.7 Å². The summed E-state index contributed by atoms with van der Waals surface area (Å²) in [6.45, 7) is 1.65. The zero-order valence-electron chi connectivity index (χ0n) is 9.97. The van der Waals surface area contributed by atoms with Crippen LogP contribution >= 0.6 is 36.0 Å². The number of benzene rings is 1. The lowest BCUT2D eigenvalue weighted by atomic mass is 10.3. The molecule has 1 aromatic carbocycles. The van der Waals surface area contributed by atoms with E-state index in [2.05, 4.69) is 0 Å². The lowest BCUT2D eigenvalue weighted by Gasteiger charge is -2.15.